The van der Waals surface area contributed by atoms with Gasteiger partial charge in [0.05, 0.1) is 17.1 Å². The van der Waals surface area contributed by atoms with E-state index in [0.717, 1.165) is 29.0 Å². The van der Waals surface area contributed by atoms with Gasteiger partial charge in [0.25, 0.3) is 5.60 Å². The van der Waals surface area contributed by atoms with E-state index in [1.165, 1.54) is 4.90 Å². The van der Waals surface area contributed by atoms with E-state index >= 15 is 0 Å². The SMILES string of the molecule is O=C(N1c2ccc(C(O)(C(F)(F)F)C(F)(F)F)cc2SCC1c1ccccc1)C1(c2ccccc2)CC1. The molecule has 1 fully saturated rings. The smallest absolute Gasteiger partial charge is 0.369 e. The van der Waals surface area contributed by atoms with Crippen molar-refractivity contribution in [3.05, 3.63) is 95.6 Å². The van der Waals surface area contributed by atoms with Crippen molar-refractivity contribution in [3.8, 4) is 0 Å². The topological polar surface area (TPSA) is 40.5 Å². The number of rotatable bonds is 4. The zero-order chi connectivity index (χ0) is 26.6. The summed E-state index contributed by atoms with van der Waals surface area (Å²) in [6.45, 7) is 0. The number of anilines is 1. The van der Waals surface area contributed by atoms with E-state index in [9.17, 15) is 36.2 Å². The van der Waals surface area contributed by atoms with Gasteiger partial charge in [0.2, 0.25) is 5.91 Å². The van der Waals surface area contributed by atoms with Crippen LogP contribution in [-0.4, -0.2) is 29.1 Å². The summed E-state index contributed by atoms with van der Waals surface area (Å²) in [5.74, 6) is -0.0446. The van der Waals surface area contributed by atoms with Crippen LogP contribution in [0, 0.1) is 0 Å². The summed E-state index contributed by atoms with van der Waals surface area (Å²) >= 11 is 1.05. The average Bonchev–Trinajstić information content (AvgIpc) is 3.69. The fraction of sp³-hybridized carbons (Fsp3) is 0.296. The van der Waals surface area contributed by atoms with Gasteiger partial charge in [0, 0.05) is 16.2 Å². The van der Waals surface area contributed by atoms with Crippen LogP contribution in [0.3, 0.4) is 0 Å². The number of benzene rings is 3. The molecule has 1 atom stereocenters. The van der Waals surface area contributed by atoms with Gasteiger partial charge in [-0.3, -0.25) is 4.79 Å². The lowest BCUT2D eigenvalue weighted by atomic mass is 9.90. The first-order valence-corrected chi connectivity index (χ1v) is 12.5. The third kappa shape index (κ3) is 4.10. The molecule has 1 aliphatic carbocycles. The molecule has 194 valence electrons. The van der Waals surface area contributed by atoms with E-state index in [1.807, 2.05) is 48.5 Å². The zero-order valence-corrected chi connectivity index (χ0v) is 20.0. The second kappa shape index (κ2) is 8.80. The normalized spacial score (nSPS) is 19.3. The molecular weight excluding hydrogens is 516 g/mol. The summed E-state index contributed by atoms with van der Waals surface area (Å²) in [4.78, 5) is 15.7. The van der Waals surface area contributed by atoms with Gasteiger partial charge in [0.1, 0.15) is 0 Å². The van der Waals surface area contributed by atoms with E-state index in [0.29, 0.717) is 25.0 Å². The lowest BCUT2D eigenvalue weighted by Gasteiger charge is -2.40. The molecule has 1 heterocycles. The standard InChI is InChI=1S/C27H21F6NO2S/c28-26(29,30)25(36,27(31,32)33)19-11-12-20-22(15-19)37-16-21(17-7-3-1-4-8-17)34(20)23(35)24(13-14-24)18-9-5-2-6-10-18/h1-12,15,21,36H,13-14,16H2. The number of carbonyl (C=O) groups excluding carboxylic acids is 1. The molecule has 1 aliphatic heterocycles. The summed E-state index contributed by atoms with van der Waals surface area (Å²) in [7, 11) is 0. The van der Waals surface area contributed by atoms with Crippen LogP contribution < -0.4 is 4.90 Å². The van der Waals surface area contributed by atoms with Crippen LogP contribution in [0.15, 0.2) is 83.8 Å². The summed E-state index contributed by atoms with van der Waals surface area (Å²) in [6.07, 6.45) is -10.8. The van der Waals surface area contributed by atoms with Gasteiger partial charge in [0.15, 0.2) is 0 Å². The van der Waals surface area contributed by atoms with Crippen LogP contribution in [0.2, 0.25) is 0 Å². The maximum Gasteiger partial charge on any atom is 0.430 e. The van der Waals surface area contributed by atoms with Gasteiger partial charge in [-0.1, -0.05) is 66.7 Å². The highest BCUT2D eigenvalue weighted by atomic mass is 32.2. The summed E-state index contributed by atoms with van der Waals surface area (Å²) in [6, 6.07) is 20.1. The Morgan fingerprint density at radius 2 is 1.43 bits per heavy atom. The highest BCUT2D eigenvalue weighted by Crippen LogP contribution is 2.55. The molecule has 0 spiro atoms. The fourth-order valence-corrected chi connectivity index (χ4v) is 6.07. The maximum atomic E-state index is 14.1. The molecule has 0 saturated heterocycles. The molecule has 1 unspecified atom stereocenters. The third-order valence-corrected chi connectivity index (χ3v) is 8.18. The number of hydrogen-bond donors (Lipinski definition) is 1. The second-order valence-electron chi connectivity index (χ2n) is 9.25. The molecule has 1 N–H and O–H groups in total. The highest BCUT2D eigenvalue weighted by molar-refractivity contribution is 7.99. The molecule has 3 aromatic rings. The van der Waals surface area contributed by atoms with E-state index in [-0.39, 0.29) is 22.2 Å². The number of thioether (sulfide) groups is 1. The van der Waals surface area contributed by atoms with Gasteiger partial charge < -0.3 is 10.0 Å². The molecule has 37 heavy (non-hydrogen) atoms. The molecular formula is C27H21F6NO2S. The van der Waals surface area contributed by atoms with Crippen molar-refractivity contribution in [2.75, 3.05) is 10.7 Å². The number of alkyl halides is 6. The largest absolute Gasteiger partial charge is 0.430 e. The van der Waals surface area contributed by atoms with Gasteiger partial charge >= 0.3 is 12.4 Å². The molecule has 5 rings (SSSR count). The van der Waals surface area contributed by atoms with E-state index in [1.54, 1.807) is 12.1 Å². The van der Waals surface area contributed by atoms with Crippen molar-refractivity contribution >= 4 is 23.4 Å². The number of carbonyl (C=O) groups is 1. The number of nitrogens with zero attached hydrogens (tertiary/aromatic N) is 1. The van der Waals surface area contributed by atoms with Crippen molar-refractivity contribution in [1.82, 2.24) is 0 Å². The minimum atomic E-state index is -5.99. The molecule has 0 bridgehead atoms. The molecule has 1 saturated carbocycles. The van der Waals surface area contributed by atoms with Crippen LogP contribution in [0.25, 0.3) is 0 Å². The van der Waals surface area contributed by atoms with Gasteiger partial charge in [-0.05, 0) is 36.1 Å². The van der Waals surface area contributed by atoms with Crippen molar-refractivity contribution in [2.24, 2.45) is 0 Å². The molecule has 3 nitrogen and oxygen atoms in total. The Balaban J connectivity index is 1.63. The quantitative estimate of drug-likeness (QED) is 0.368. The van der Waals surface area contributed by atoms with Crippen LogP contribution in [-0.2, 0) is 15.8 Å². The van der Waals surface area contributed by atoms with Crippen molar-refractivity contribution in [1.29, 1.82) is 0 Å². The summed E-state index contributed by atoms with van der Waals surface area (Å²) in [5.41, 5.74) is -5.37. The number of hydrogen-bond acceptors (Lipinski definition) is 3. The Morgan fingerprint density at radius 3 is 1.97 bits per heavy atom. The van der Waals surface area contributed by atoms with E-state index in [2.05, 4.69) is 0 Å². The Bertz CT molecular complexity index is 1290. The highest BCUT2D eigenvalue weighted by Gasteiger charge is 2.71. The van der Waals surface area contributed by atoms with Crippen LogP contribution in [0.4, 0.5) is 32.0 Å². The van der Waals surface area contributed by atoms with Gasteiger partial charge in [-0.15, -0.1) is 11.8 Å². The fourth-order valence-electron chi connectivity index (χ4n) is 4.86. The van der Waals surface area contributed by atoms with Crippen molar-refractivity contribution in [3.63, 3.8) is 0 Å². The number of halogens is 6. The Morgan fingerprint density at radius 1 is 0.865 bits per heavy atom. The molecule has 1 amide bonds. The Labute approximate surface area is 213 Å². The minimum Gasteiger partial charge on any atom is -0.369 e. The molecule has 10 heteroatoms. The predicted molar refractivity (Wildman–Crippen MR) is 127 cm³/mol. The first-order chi connectivity index (χ1) is 17.4. The summed E-state index contributed by atoms with van der Waals surface area (Å²) < 4.78 is 81.1. The minimum absolute atomic E-state index is 0.0637. The van der Waals surface area contributed by atoms with Crippen LogP contribution in [0.1, 0.15) is 35.6 Å². The first kappa shape index (κ1) is 25.7. The lowest BCUT2D eigenvalue weighted by molar-refractivity contribution is -0.376. The maximum absolute atomic E-state index is 14.1. The second-order valence-corrected chi connectivity index (χ2v) is 10.3. The predicted octanol–water partition coefficient (Wildman–Crippen LogP) is 6.91. The first-order valence-electron chi connectivity index (χ1n) is 11.5. The Hall–Kier alpha value is -2.98. The van der Waals surface area contributed by atoms with Crippen LogP contribution in [0.5, 0.6) is 0 Å². The molecule has 3 aromatic carbocycles. The van der Waals surface area contributed by atoms with Crippen molar-refractivity contribution < 1.29 is 36.2 Å². The number of aliphatic hydroxyl groups is 1. The van der Waals surface area contributed by atoms with E-state index < -0.39 is 35.0 Å². The summed E-state index contributed by atoms with van der Waals surface area (Å²) in [5, 5.41) is 9.91. The Kier molecular flexibility index (Phi) is 6.10. The van der Waals surface area contributed by atoms with Crippen LogP contribution >= 0.6 is 11.8 Å². The monoisotopic (exact) mass is 537 g/mol. The van der Waals surface area contributed by atoms with Gasteiger partial charge in [-0.2, -0.15) is 26.3 Å². The van der Waals surface area contributed by atoms with Gasteiger partial charge in [-0.25, -0.2) is 0 Å². The van der Waals surface area contributed by atoms with Crippen molar-refractivity contribution in [2.45, 2.75) is 47.1 Å². The average molecular weight is 538 g/mol. The zero-order valence-electron chi connectivity index (χ0n) is 19.2. The molecule has 0 aromatic heterocycles. The number of amides is 1. The molecule has 2 aliphatic rings. The number of fused-ring (bicyclic) bond motifs is 1. The third-order valence-electron chi connectivity index (χ3n) is 7.05. The van der Waals surface area contributed by atoms with E-state index in [4.69, 9.17) is 0 Å². The lowest BCUT2D eigenvalue weighted by Crippen LogP contribution is -2.54. The molecule has 0 radical (unpaired) electrons.